The molecule has 1 radical (unpaired) electrons. The number of amides is 2. The van der Waals surface area contributed by atoms with Crippen LogP contribution in [0, 0.1) is 36.0 Å². The van der Waals surface area contributed by atoms with Crippen LogP contribution < -0.4 is 10.6 Å². The first-order valence-electron chi connectivity index (χ1n) is 9.16. The van der Waals surface area contributed by atoms with E-state index in [0.29, 0.717) is 22.5 Å². The van der Waals surface area contributed by atoms with Crippen LogP contribution in [0.3, 0.4) is 0 Å². The van der Waals surface area contributed by atoms with Crippen molar-refractivity contribution in [3.05, 3.63) is 63.9 Å². The highest BCUT2D eigenvalue weighted by atomic mass is 19.1. The van der Waals surface area contributed by atoms with E-state index < -0.39 is 29.7 Å². The second-order valence-electron chi connectivity index (χ2n) is 6.97. The van der Waals surface area contributed by atoms with E-state index in [-0.39, 0.29) is 26.1 Å². The van der Waals surface area contributed by atoms with Gasteiger partial charge in [-0.05, 0) is 38.0 Å². The molecule has 2 N–H and O–H groups in total. The van der Waals surface area contributed by atoms with Gasteiger partial charge in [-0.15, -0.1) is 0 Å². The van der Waals surface area contributed by atoms with Crippen LogP contribution in [0.5, 0.6) is 0 Å². The van der Waals surface area contributed by atoms with Gasteiger partial charge >= 0.3 is 0 Å². The zero-order valence-corrected chi connectivity index (χ0v) is 16.6. The van der Waals surface area contributed by atoms with Gasteiger partial charge in [-0.3, -0.25) is 14.6 Å². The SMILES string of the molecule is CC1=C(CC(=O)N[C@@H](C)c2ncc(C#N)nc2C)C(=O)NC2[CH]C=C(F)C(C#N)=C12.[HH].[HH]. The lowest BCUT2D eigenvalue weighted by Gasteiger charge is -2.31. The average molecular weight is 409 g/mol. The molecule has 0 spiro atoms. The normalized spacial score (nSPS) is 19.2. The number of hydrogen-bond donors (Lipinski definition) is 2. The van der Waals surface area contributed by atoms with E-state index in [2.05, 4.69) is 20.6 Å². The van der Waals surface area contributed by atoms with E-state index >= 15 is 0 Å². The van der Waals surface area contributed by atoms with Crippen molar-refractivity contribution in [2.24, 2.45) is 0 Å². The summed E-state index contributed by atoms with van der Waals surface area (Å²) in [6.07, 6.45) is 3.70. The van der Waals surface area contributed by atoms with Gasteiger partial charge in [0.1, 0.15) is 18.0 Å². The van der Waals surface area contributed by atoms with Gasteiger partial charge in [0.05, 0.1) is 41.7 Å². The lowest BCUT2D eigenvalue weighted by atomic mass is 9.82. The van der Waals surface area contributed by atoms with Gasteiger partial charge in [-0.2, -0.15) is 10.5 Å². The highest BCUT2D eigenvalue weighted by Gasteiger charge is 2.35. The van der Waals surface area contributed by atoms with Crippen LogP contribution in [0.1, 0.15) is 46.2 Å². The number of halogens is 1. The summed E-state index contributed by atoms with van der Waals surface area (Å²) in [5.74, 6) is -1.56. The molecule has 9 heteroatoms. The molecule has 3 rings (SSSR count). The molecule has 1 aromatic heterocycles. The lowest BCUT2D eigenvalue weighted by Crippen LogP contribution is -2.44. The predicted octanol–water partition coefficient (Wildman–Crippen LogP) is 2.42. The largest absolute Gasteiger partial charge is 0.348 e. The molecule has 0 saturated heterocycles. The number of hydrogen-bond acceptors (Lipinski definition) is 6. The Balaban J connectivity index is 0.00000256. The van der Waals surface area contributed by atoms with Gasteiger partial charge in [0.2, 0.25) is 11.8 Å². The molecule has 2 aliphatic rings. The molecule has 2 atom stereocenters. The monoisotopic (exact) mass is 409 g/mol. The minimum Gasteiger partial charge on any atom is -0.348 e. The number of carbonyl (C=O) groups is 2. The van der Waals surface area contributed by atoms with Crippen molar-refractivity contribution in [2.45, 2.75) is 39.3 Å². The molecular formula is C21H22FN6O2. The van der Waals surface area contributed by atoms with Gasteiger partial charge < -0.3 is 10.6 Å². The highest BCUT2D eigenvalue weighted by Crippen LogP contribution is 2.35. The Bertz CT molecular complexity index is 1130. The van der Waals surface area contributed by atoms with Crippen molar-refractivity contribution in [3.8, 4) is 12.1 Å². The van der Waals surface area contributed by atoms with Gasteiger partial charge in [-0.25, -0.2) is 9.37 Å². The quantitative estimate of drug-likeness (QED) is 0.785. The Morgan fingerprint density at radius 1 is 1.40 bits per heavy atom. The van der Waals surface area contributed by atoms with E-state index in [0.717, 1.165) is 6.08 Å². The van der Waals surface area contributed by atoms with Crippen LogP contribution in [0.4, 0.5) is 4.39 Å². The molecule has 2 heterocycles. The number of aryl methyl sites for hydroxylation is 1. The number of nitriles is 2. The van der Waals surface area contributed by atoms with Crippen LogP contribution in [0.25, 0.3) is 0 Å². The van der Waals surface area contributed by atoms with Crippen molar-refractivity contribution in [3.63, 3.8) is 0 Å². The maximum Gasteiger partial charge on any atom is 0.248 e. The van der Waals surface area contributed by atoms with E-state index in [4.69, 9.17) is 5.26 Å². The van der Waals surface area contributed by atoms with Crippen LogP contribution in [-0.4, -0.2) is 27.8 Å². The van der Waals surface area contributed by atoms with Crippen LogP contribution >= 0.6 is 0 Å². The first kappa shape index (κ1) is 20.9. The maximum absolute atomic E-state index is 14.0. The molecule has 1 aromatic rings. The Labute approximate surface area is 175 Å². The van der Waals surface area contributed by atoms with E-state index in [1.807, 2.05) is 12.1 Å². The highest BCUT2D eigenvalue weighted by molar-refractivity contribution is 6.02. The average Bonchev–Trinajstić information content (AvgIpc) is 2.71. The first-order valence-corrected chi connectivity index (χ1v) is 9.16. The molecule has 30 heavy (non-hydrogen) atoms. The molecule has 155 valence electrons. The minimum atomic E-state index is -0.675. The molecule has 1 aliphatic carbocycles. The Kier molecular flexibility index (Phi) is 5.74. The van der Waals surface area contributed by atoms with Gasteiger partial charge in [0.25, 0.3) is 0 Å². The van der Waals surface area contributed by atoms with Crippen LogP contribution in [0.2, 0.25) is 0 Å². The Morgan fingerprint density at radius 3 is 2.77 bits per heavy atom. The summed E-state index contributed by atoms with van der Waals surface area (Å²) in [4.78, 5) is 33.4. The molecule has 0 fully saturated rings. The summed E-state index contributed by atoms with van der Waals surface area (Å²) < 4.78 is 14.0. The van der Waals surface area contributed by atoms with Gasteiger partial charge in [-0.1, -0.05) is 0 Å². The third kappa shape index (κ3) is 3.83. The van der Waals surface area contributed by atoms with E-state index in [1.54, 1.807) is 20.8 Å². The van der Waals surface area contributed by atoms with Crippen molar-refractivity contribution >= 4 is 11.8 Å². The zero-order chi connectivity index (χ0) is 22.0. The Morgan fingerprint density at radius 2 is 2.13 bits per heavy atom. The molecule has 1 unspecified atom stereocenters. The molecule has 8 nitrogen and oxygen atoms in total. The number of nitrogens with zero attached hydrogens (tertiary/aromatic N) is 4. The third-order valence-corrected chi connectivity index (χ3v) is 5.01. The van der Waals surface area contributed by atoms with Gasteiger partial charge in [0.15, 0.2) is 5.69 Å². The number of nitrogens with one attached hydrogen (secondary N) is 2. The Hall–Kier alpha value is -3.85. The van der Waals surface area contributed by atoms with E-state index in [9.17, 15) is 19.2 Å². The summed E-state index contributed by atoms with van der Waals surface area (Å²) in [5.41, 5.74) is 2.00. The number of allylic oxidation sites excluding steroid dienone is 2. The maximum atomic E-state index is 14.0. The summed E-state index contributed by atoms with van der Waals surface area (Å²) in [7, 11) is 0. The lowest BCUT2D eigenvalue weighted by molar-refractivity contribution is -0.124. The van der Waals surface area contributed by atoms with Crippen LogP contribution in [-0.2, 0) is 9.59 Å². The standard InChI is InChI=1S/C21H18FN6O2.2H2/c1-10-14(21(30)28-17-5-4-16(22)15(8-24)19(10)17)6-18(29)27-12(3)20-11(2)26-13(7-23)9-25-20;;/h4-5,9,12,17H,6H2,1-3H3,(H,27,29)(H,28,30);2*1H/t12-,17?;;/m0../s1. The topological polar surface area (TPSA) is 132 Å². The molecule has 0 bridgehead atoms. The fraction of sp³-hybridized carbons (Fsp3) is 0.286. The molecule has 0 aromatic carbocycles. The summed E-state index contributed by atoms with van der Waals surface area (Å²) in [6.45, 7) is 5.00. The second kappa shape index (κ2) is 8.26. The molecular weight excluding hydrogens is 387 g/mol. The fourth-order valence-corrected chi connectivity index (χ4v) is 3.56. The van der Waals surface area contributed by atoms with Crippen molar-refractivity contribution in [1.29, 1.82) is 10.5 Å². The number of fused-ring (bicyclic) bond motifs is 1. The van der Waals surface area contributed by atoms with Crippen molar-refractivity contribution < 1.29 is 16.8 Å². The first-order chi connectivity index (χ1) is 14.3. The molecule has 0 saturated carbocycles. The molecule has 1 aliphatic heterocycles. The fourth-order valence-electron chi connectivity index (χ4n) is 3.56. The summed E-state index contributed by atoms with van der Waals surface area (Å²) >= 11 is 0. The summed E-state index contributed by atoms with van der Waals surface area (Å²) in [6, 6.07) is 2.63. The number of rotatable bonds is 4. The van der Waals surface area contributed by atoms with Crippen molar-refractivity contribution in [1.82, 2.24) is 20.6 Å². The number of aromatic nitrogens is 2. The zero-order valence-electron chi connectivity index (χ0n) is 16.6. The van der Waals surface area contributed by atoms with Gasteiger partial charge in [0, 0.05) is 14.8 Å². The predicted molar refractivity (Wildman–Crippen MR) is 108 cm³/mol. The summed E-state index contributed by atoms with van der Waals surface area (Å²) in [5, 5.41) is 23.6. The van der Waals surface area contributed by atoms with Crippen LogP contribution in [0.15, 0.2) is 40.4 Å². The second-order valence-corrected chi connectivity index (χ2v) is 6.97. The smallest absolute Gasteiger partial charge is 0.248 e. The van der Waals surface area contributed by atoms with Crippen molar-refractivity contribution in [2.75, 3.05) is 0 Å². The minimum absolute atomic E-state index is 0. The number of carbonyl (C=O) groups excluding carboxylic acids is 2. The van der Waals surface area contributed by atoms with E-state index in [1.165, 1.54) is 12.6 Å². The molecule has 2 amide bonds. The third-order valence-electron chi connectivity index (χ3n) is 5.01.